The standard InChI is InChI=1S/C14H17BrN4O2/c1-14(2,3)13(20)21-19(17)12-9-5-4-8(15)6-11(9)18-7-10(12)16/h4-7H,16-17H2,1-3H3. The minimum Gasteiger partial charge on any atom is -0.396 e. The quantitative estimate of drug-likeness (QED) is 0.637. The van der Waals surface area contributed by atoms with Gasteiger partial charge in [-0.15, -0.1) is 5.17 Å². The lowest BCUT2D eigenvalue weighted by Crippen LogP contribution is -2.38. The first-order valence-corrected chi connectivity index (χ1v) is 7.10. The molecule has 0 fully saturated rings. The van der Waals surface area contributed by atoms with Crippen LogP contribution in [-0.4, -0.2) is 11.0 Å². The molecular weight excluding hydrogens is 336 g/mol. The first-order valence-electron chi connectivity index (χ1n) is 6.31. The number of hydrogen-bond acceptors (Lipinski definition) is 6. The summed E-state index contributed by atoms with van der Waals surface area (Å²) in [5.41, 5.74) is 6.68. The van der Waals surface area contributed by atoms with Gasteiger partial charge in [0.25, 0.3) is 0 Å². The van der Waals surface area contributed by atoms with Gasteiger partial charge in [-0.25, -0.2) is 10.6 Å². The van der Waals surface area contributed by atoms with Crippen molar-refractivity contribution in [3.05, 3.63) is 28.9 Å². The number of anilines is 2. The van der Waals surface area contributed by atoms with Crippen LogP contribution in [0, 0.1) is 5.41 Å². The van der Waals surface area contributed by atoms with E-state index in [0.717, 1.165) is 9.64 Å². The molecule has 2 aromatic rings. The molecule has 6 nitrogen and oxygen atoms in total. The zero-order valence-corrected chi connectivity index (χ0v) is 13.6. The lowest BCUT2D eigenvalue weighted by Gasteiger charge is -2.24. The molecular formula is C14H17BrN4O2. The van der Waals surface area contributed by atoms with Crippen LogP contribution in [0.2, 0.25) is 0 Å². The largest absolute Gasteiger partial charge is 0.396 e. The van der Waals surface area contributed by atoms with Gasteiger partial charge in [-0.2, -0.15) is 0 Å². The number of pyridine rings is 1. The Hall–Kier alpha value is -1.86. The maximum absolute atomic E-state index is 11.9. The van der Waals surface area contributed by atoms with E-state index in [1.807, 2.05) is 18.2 Å². The van der Waals surface area contributed by atoms with E-state index in [0.29, 0.717) is 22.3 Å². The second-order valence-electron chi connectivity index (χ2n) is 5.68. The number of nitrogen functional groups attached to an aromatic ring is 1. The summed E-state index contributed by atoms with van der Waals surface area (Å²) in [6.45, 7) is 5.23. The topological polar surface area (TPSA) is 94.5 Å². The molecule has 7 heteroatoms. The Bertz CT molecular complexity index is 697. The van der Waals surface area contributed by atoms with Crippen LogP contribution in [-0.2, 0) is 9.63 Å². The number of aromatic nitrogens is 1. The highest BCUT2D eigenvalue weighted by Crippen LogP contribution is 2.32. The molecule has 1 aromatic carbocycles. The van der Waals surface area contributed by atoms with Crippen LogP contribution in [0.3, 0.4) is 0 Å². The molecule has 0 unspecified atom stereocenters. The fourth-order valence-corrected chi connectivity index (χ4v) is 2.03. The Morgan fingerprint density at radius 1 is 1.38 bits per heavy atom. The number of carbonyl (C=O) groups is 1. The van der Waals surface area contributed by atoms with Crippen molar-refractivity contribution < 1.29 is 9.63 Å². The lowest BCUT2D eigenvalue weighted by molar-refractivity contribution is -0.154. The number of nitrogens with two attached hydrogens (primary N) is 2. The van der Waals surface area contributed by atoms with Crippen LogP contribution >= 0.6 is 15.9 Å². The predicted octanol–water partition coefficient (Wildman–Crippen LogP) is 2.76. The number of carbonyl (C=O) groups excluding carboxylic acids is 1. The highest BCUT2D eigenvalue weighted by molar-refractivity contribution is 9.10. The highest BCUT2D eigenvalue weighted by Gasteiger charge is 2.26. The summed E-state index contributed by atoms with van der Waals surface area (Å²) in [7, 11) is 0. The van der Waals surface area contributed by atoms with Gasteiger partial charge in [0.2, 0.25) is 0 Å². The fraction of sp³-hybridized carbons (Fsp3) is 0.286. The minimum absolute atomic E-state index is 0.328. The zero-order chi connectivity index (χ0) is 15.8. The summed E-state index contributed by atoms with van der Waals surface area (Å²) in [5.74, 6) is 5.42. The molecule has 2 rings (SSSR count). The Morgan fingerprint density at radius 3 is 2.67 bits per heavy atom. The van der Waals surface area contributed by atoms with Crippen molar-refractivity contribution >= 4 is 44.2 Å². The number of benzene rings is 1. The van der Waals surface area contributed by atoms with Crippen molar-refractivity contribution in [1.82, 2.24) is 4.98 Å². The second kappa shape index (κ2) is 5.50. The van der Waals surface area contributed by atoms with Gasteiger partial charge in [-0.05, 0) is 39.0 Å². The second-order valence-corrected chi connectivity index (χ2v) is 6.59. The van der Waals surface area contributed by atoms with E-state index in [1.54, 1.807) is 20.8 Å². The zero-order valence-electron chi connectivity index (χ0n) is 12.1. The molecule has 0 aliphatic carbocycles. The monoisotopic (exact) mass is 352 g/mol. The first-order chi connectivity index (χ1) is 9.70. The minimum atomic E-state index is -0.668. The molecule has 112 valence electrons. The average Bonchev–Trinajstić information content (AvgIpc) is 2.37. The maximum atomic E-state index is 11.9. The van der Waals surface area contributed by atoms with Crippen molar-refractivity contribution in [1.29, 1.82) is 0 Å². The summed E-state index contributed by atoms with van der Waals surface area (Å²) in [5, 5.41) is 1.60. The molecule has 1 aromatic heterocycles. The molecule has 4 N–H and O–H groups in total. The molecule has 0 radical (unpaired) electrons. The molecule has 0 aliphatic rings. The van der Waals surface area contributed by atoms with Crippen LogP contribution in [0.5, 0.6) is 0 Å². The molecule has 0 amide bonds. The normalized spacial score (nSPS) is 11.5. The maximum Gasteiger partial charge on any atom is 0.339 e. The van der Waals surface area contributed by atoms with E-state index >= 15 is 0 Å². The summed E-state index contributed by atoms with van der Waals surface area (Å²) in [6.07, 6.45) is 1.48. The number of nitrogens with zero attached hydrogens (tertiary/aromatic N) is 2. The third-order valence-corrected chi connectivity index (χ3v) is 3.34. The lowest BCUT2D eigenvalue weighted by atomic mass is 9.98. The van der Waals surface area contributed by atoms with Crippen LogP contribution in [0.1, 0.15) is 20.8 Å². The number of halogens is 1. The van der Waals surface area contributed by atoms with Gasteiger partial charge >= 0.3 is 5.97 Å². The van der Waals surface area contributed by atoms with E-state index < -0.39 is 11.4 Å². The van der Waals surface area contributed by atoms with Crippen LogP contribution < -0.4 is 16.7 Å². The van der Waals surface area contributed by atoms with Crippen LogP contribution in [0.4, 0.5) is 11.4 Å². The van der Waals surface area contributed by atoms with E-state index in [2.05, 4.69) is 20.9 Å². The average molecular weight is 353 g/mol. The number of hydrogen-bond donors (Lipinski definition) is 2. The number of hydrazine groups is 1. The Balaban J connectivity index is 2.45. The van der Waals surface area contributed by atoms with Crippen molar-refractivity contribution in [2.75, 3.05) is 10.9 Å². The van der Waals surface area contributed by atoms with Crippen LogP contribution in [0.25, 0.3) is 10.9 Å². The third-order valence-electron chi connectivity index (χ3n) is 2.85. The van der Waals surface area contributed by atoms with Gasteiger partial charge in [0, 0.05) is 9.86 Å². The summed E-state index contributed by atoms with van der Waals surface area (Å²) in [4.78, 5) is 21.3. The van der Waals surface area contributed by atoms with Gasteiger partial charge in [-0.3, -0.25) is 4.98 Å². The van der Waals surface area contributed by atoms with Gasteiger partial charge in [-0.1, -0.05) is 15.9 Å². The summed E-state index contributed by atoms with van der Waals surface area (Å²) >= 11 is 3.38. The van der Waals surface area contributed by atoms with Gasteiger partial charge in [0.15, 0.2) is 0 Å². The van der Waals surface area contributed by atoms with Crippen LogP contribution in [0.15, 0.2) is 28.9 Å². The molecule has 0 spiro atoms. The van der Waals surface area contributed by atoms with Crippen molar-refractivity contribution in [3.63, 3.8) is 0 Å². The fourth-order valence-electron chi connectivity index (χ4n) is 1.69. The molecule has 0 saturated carbocycles. The third kappa shape index (κ3) is 3.25. The Labute approximate surface area is 131 Å². The van der Waals surface area contributed by atoms with E-state index in [-0.39, 0.29) is 0 Å². The van der Waals surface area contributed by atoms with Gasteiger partial charge in [0.1, 0.15) is 5.69 Å². The van der Waals surface area contributed by atoms with E-state index in [1.165, 1.54) is 6.20 Å². The highest BCUT2D eigenvalue weighted by atomic mass is 79.9. The molecule has 0 bridgehead atoms. The predicted molar refractivity (Wildman–Crippen MR) is 86.1 cm³/mol. The summed E-state index contributed by atoms with van der Waals surface area (Å²) < 4.78 is 0.883. The van der Waals surface area contributed by atoms with Crippen molar-refractivity contribution in [2.24, 2.45) is 11.3 Å². The first kappa shape index (κ1) is 15.5. The molecule has 1 heterocycles. The van der Waals surface area contributed by atoms with Gasteiger partial charge < -0.3 is 10.6 Å². The number of rotatable bonds is 2. The Morgan fingerprint density at radius 2 is 2.05 bits per heavy atom. The van der Waals surface area contributed by atoms with E-state index in [4.69, 9.17) is 16.4 Å². The molecule has 21 heavy (non-hydrogen) atoms. The SMILES string of the molecule is CC(C)(C)C(=O)ON(N)c1c(N)cnc2cc(Br)ccc12. The molecule has 0 saturated heterocycles. The van der Waals surface area contributed by atoms with Crippen molar-refractivity contribution in [2.45, 2.75) is 20.8 Å². The summed E-state index contributed by atoms with van der Waals surface area (Å²) in [6, 6.07) is 5.48. The number of fused-ring (bicyclic) bond motifs is 1. The smallest absolute Gasteiger partial charge is 0.339 e. The molecule has 0 aliphatic heterocycles. The van der Waals surface area contributed by atoms with E-state index in [9.17, 15) is 4.79 Å². The van der Waals surface area contributed by atoms with Gasteiger partial charge in [0.05, 0.1) is 22.8 Å². The Kier molecular flexibility index (Phi) is 4.06. The van der Waals surface area contributed by atoms with Crippen molar-refractivity contribution in [3.8, 4) is 0 Å². The molecule has 0 atom stereocenters.